The van der Waals surface area contributed by atoms with Gasteiger partial charge in [0.2, 0.25) is 0 Å². The molecule has 0 saturated heterocycles. The number of phenolic OH excluding ortho intramolecular Hbond substituents is 4. The van der Waals surface area contributed by atoms with Gasteiger partial charge in [0.25, 0.3) is 0 Å². The van der Waals surface area contributed by atoms with Crippen LogP contribution in [-0.4, -0.2) is 20.4 Å². The maximum absolute atomic E-state index is 12.1. The Labute approximate surface area is 117 Å². The molecule has 0 bridgehead atoms. The highest BCUT2D eigenvalue weighted by Gasteiger charge is 2.16. The highest BCUT2D eigenvalue weighted by Crippen LogP contribution is 2.38. The number of benzene rings is 2. The van der Waals surface area contributed by atoms with Crippen LogP contribution in [0.3, 0.4) is 0 Å². The Morgan fingerprint density at radius 1 is 0.857 bits per heavy atom. The summed E-state index contributed by atoms with van der Waals surface area (Å²) in [6, 6.07) is 7.34. The Kier molecular flexibility index (Phi) is 2.72. The fraction of sp³-hybridized carbons (Fsp3) is 0. The molecule has 1 heterocycles. The zero-order valence-corrected chi connectivity index (χ0v) is 10.6. The number of hydrogen-bond donors (Lipinski definition) is 4. The molecule has 106 valence electrons. The van der Waals surface area contributed by atoms with Gasteiger partial charge >= 0.3 is 0 Å². The van der Waals surface area contributed by atoms with Crippen molar-refractivity contribution in [3.05, 3.63) is 46.6 Å². The van der Waals surface area contributed by atoms with Crippen LogP contribution in [-0.2, 0) is 0 Å². The van der Waals surface area contributed by atoms with Gasteiger partial charge in [0.15, 0.2) is 5.43 Å². The number of hydrogen-bond acceptors (Lipinski definition) is 6. The molecule has 6 nitrogen and oxygen atoms in total. The smallest absolute Gasteiger partial charge is 0.197 e. The van der Waals surface area contributed by atoms with E-state index in [0.29, 0.717) is 0 Å². The zero-order chi connectivity index (χ0) is 15.1. The summed E-state index contributed by atoms with van der Waals surface area (Å²) in [4.78, 5) is 12.1. The average Bonchev–Trinajstić information content (AvgIpc) is 2.36. The van der Waals surface area contributed by atoms with Gasteiger partial charge in [-0.25, -0.2) is 0 Å². The average molecular weight is 286 g/mol. The van der Waals surface area contributed by atoms with Gasteiger partial charge in [-0.1, -0.05) is 6.07 Å². The van der Waals surface area contributed by atoms with Gasteiger partial charge in [-0.15, -0.1) is 0 Å². The summed E-state index contributed by atoms with van der Waals surface area (Å²) >= 11 is 0. The maximum atomic E-state index is 12.1. The minimum atomic E-state index is -0.564. The van der Waals surface area contributed by atoms with Crippen LogP contribution in [0.25, 0.3) is 22.3 Å². The standard InChI is InChI=1S/C15H10O6/c16-7-4-10(19)15-11(20)6-13(21-12(15)5-7)14-8(17)2-1-3-9(14)18/h1-6,16-19H. The number of fused-ring (bicyclic) bond motifs is 1. The van der Waals surface area contributed by atoms with Crippen molar-refractivity contribution in [2.75, 3.05) is 0 Å². The fourth-order valence-electron chi connectivity index (χ4n) is 2.16. The van der Waals surface area contributed by atoms with Crippen LogP contribution >= 0.6 is 0 Å². The third-order valence-corrected chi connectivity index (χ3v) is 3.06. The second kappa shape index (κ2) is 4.45. The predicted octanol–water partition coefficient (Wildman–Crippen LogP) is 2.28. The van der Waals surface area contributed by atoms with E-state index in [9.17, 15) is 25.2 Å². The third kappa shape index (κ3) is 2.02. The molecule has 0 atom stereocenters. The van der Waals surface area contributed by atoms with Gasteiger partial charge < -0.3 is 24.8 Å². The van der Waals surface area contributed by atoms with Crippen molar-refractivity contribution in [3.63, 3.8) is 0 Å². The molecule has 0 spiro atoms. The summed E-state index contributed by atoms with van der Waals surface area (Å²) in [7, 11) is 0. The summed E-state index contributed by atoms with van der Waals surface area (Å²) in [5.41, 5.74) is -0.664. The van der Waals surface area contributed by atoms with Gasteiger partial charge in [-0.05, 0) is 12.1 Å². The van der Waals surface area contributed by atoms with E-state index in [-0.39, 0.29) is 39.5 Å². The lowest BCUT2D eigenvalue weighted by Gasteiger charge is -2.08. The van der Waals surface area contributed by atoms with E-state index in [4.69, 9.17) is 4.42 Å². The zero-order valence-electron chi connectivity index (χ0n) is 10.6. The molecular formula is C15H10O6. The molecule has 0 amide bonds. The first kappa shape index (κ1) is 12.9. The fourth-order valence-corrected chi connectivity index (χ4v) is 2.16. The molecule has 0 aliphatic carbocycles. The summed E-state index contributed by atoms with van der Waals surface area (Å²) in [5.74, 6) is -1.29. The largest absolute Gasteiger partial charge is 0.508 e. The summed E-state index contributed by atoms with van der Waals surface area (Å²) < 4.78 is 5.41. The minimum Gasteiger partial charge on any atom is -0.508 e. The van der Waals surface area contributed by atoms with Gasteiger partial charge in [-0.3, -0.25) is 4.79 Å². The highest BCUT2D eigenvalue weighted by atomic mass is 16.3. The molecule has 4 N–H and O–H groups in total. The van der Waals surface area contributed by atoms with Crippen LogP contribution in [0.15, 0.2) is 45.6 Å². The van der Waals surface area contributed by atoms with Crippen LogP contribution in [0.2, 0.25) is 0 Å². The van der Waals surface area contributed by atoms with Crippen molar-refractivity contribution in [2.45, 2.75) is 0 Å². The summed E-state index contributed by atoms with van der Waals surface area (Å²) in [6.45, 7) is 0. The Balaban J connectivity index is 2.39. The summed E-state index contributed by atoms with van der Waals surface area (Å²) in [6.07, 6.45) is 0. The molecule has 0 fully saturated rings. The predicted molar refractivity (Wildman–Crippen MR) is 74.6 cm³/mol. The van der Waals surface area contributed by atoms with E-state index >= 15 is 0 Å². The van der Waals surface area contributed by atoms with Gasteiger partial charge in [0.05, 0.1) is 0 Å². The van der Waals surface area contributed by atoms with Crippen molar-refractivity contribution in [1.29, 1.82) is 0 Å². The molecule has 21 heavy (non-hydrogen) atoms. The minimum absolute atomic E-state index is 0.0423. The number of phenols is 4. The second-order valence-corrected chi connectivity index (χ2v) is 4.48. The van der Waals surface area contributed by atoms with Crippen molar-refractivity contribution in [3.8, 4) is 34.3 Å². The first-order chi connectivity index (χ1) is 9.97. The first-order valence-electron chi connectivity index (χ1n) is 5.98. The molecule has 0 aliphatic rings. The van der Waals surface area contributed by atoms with Gasteiger partial charge in [0.1, 0.15) is 45.3 Å². The Morgan fingerprint density at radius 2 is 1.52 bits per heavy atom. The molecule has 2 aromatic carbocycles. The Hall–Kier alpha value is -3.15. The highest BCUT2D eigenvalue weighted by molar-refractivity contribution is 5.86. The number of rotatable bonds is 1. The monoisotopic (exact) mass is 286 g/mol. The topological polar surface area (TPSA) is 111 Å². The van der Waals surface area contributed by atoms with E-state index in [0.717, 1.165) is 18.2 Å². The van der Waals surface area contributed by atoms with Crippen molar-refractivity contribution in [2.24, 2.45) is 0 Å². The molecule has 0 saturated carbocycles. The molecule has 6 heteroatoms. The van der Waals surface area contributed by atoms with Crippen LogP contribution in [0.1, 0.15) is 0 Å². The van der Waals surface area contributed by atoms with E-state index in [1.54, 1.807) is 0 Å². The summed E-state index contributed by atoms with van der Waals surface area (Å²) in [5, 5.41) is 38.6. The first-order valence-corrected chi connectivity index (χ1v) is 5.98. The lowest BCUT2D eigenvalue weighted by Crippen LogP contribution is -2.00. The lowest BCUT2D eigenvalue weighted by molar-refractivity contribution is 0.448. The third-order valence-electron chi connectivity index (χ3n) is 3.06. The SMILES string of the molecule is O=c1cc(-c2c(O)cccc2O)oc2cc(O)cc(O)c12. The Morgan fingerprint density at radius 3 is 2.19 bits per heavy atom. The van der Waals surface area contributed by atoms with E-state index in [1.807, 2.05) is 0 Å². The van der Waals surface area contributed by atoms with Gasteiger partial charge in [0, 0.05) is 18.2 Å². The van der Waals surface area contributed by atoms with E-state index in [2.05, 4.69) is 0 Å². The van der Waals surface area contributed by atoms with Crippen molar-refractivity contribution < 1.29 is 24.8 Å². The molecular weight excluding hydrogens is 276 g/mol. The lowest BCUT2D eigenvalue weighted by atomic mass is 10.1. The van der Waals surface area contributed by atoms with Crippen LogP contribution in [0.5, 0.6) is 23.0 Å². The molecule has 3 rings (SSSR count). The molecule has 0 radical (unpaired) electrons. The van der Waals surface area contributed by atoms with E-state index in [1.165, 1.54) is 18.2 Å². The number of aromatic hydroxyl groups is 4. The Bertz CT molecular complexity index is 890. The second-order valence-electron chi connectivity index (χ2n) is 4.48. The van der Waals surface area contributed by atoms with Gasteiger partial charge in [-0.2, -0.15) is 0 Å². The van der Waals surface area contributed by atoms with Crippen LogP contribution < -0.4 is 5.43 Å². The van der Waals surface area contributed by atoms with E-state index < -0.39 is 11.2 Å². The normalized spacial score (nSPS) is 10.9. The maximum Gasteiger partial charge on any atom is 0.197 e. The molecule has 1 aromatic heterocycles. The quantitative estimate of drug-likeness (QED) is 0.546. The van der Waals surface area contributed by atoms with Crippen molar-refractivity contribution >= 4 is 11.0 Å². The molecule has 3 aromatic rings. The van der Waals surface area contributed by atoms with Crippen LogP contribution in [0.4, 0.5) is 0 Å². The van der Waals surface area contributed by atoms with Crippen molar-refractivity contribution in [1.82, 2.24) is 0 Å². The molecule has 0 aliphatic heterocycles. The molecule has 0 unspecified atom stereocenters. The van der Waals surface area contributed by atoms with Crippen LogP contribution in [0, 0.1) is 0 Å².